The second kappa shape index (κ2) is 9.48. The third-order valence-electron chi connectivity index (χ3n) is 4.83. The van der Waals surface area contributed by atoms with E-state index in [9.17, 15) is 13.2 Å². The number of carbonyl (C=O) groups excluding carboxylic acids is 1. The van der Waals surface area contributed by atoms with Crippen molar-refractivity contribution in [1.82, 2.24) is 15.1 Å². The Morgan fingerprint density at radius 2 is 1.85 bits per heavy atom. The molecule has 2 N–H and O–H groups in total. The zero-order chi connectivity index (χ0) is 23.6. The maximum absolute atomic E-state index is 12.5. The zero-order valence-electron chi connectivity index (χ0n) is 17.5. The van der Waals surface area contributed by atoms with Crippen LogP contribution in [-0.2, 0) is 9.84 Å². The van der Waals surface area contributed by atoms with Crippen LogP contribution in [0.4, 0.5) is 0 Å². The van der Waals surface area contributed by atoms with E-state index in [4.69, 9.17) is 16.7 Å². The Labute approximate surface area is 200 Å². The predicted molar refractivity (Wildman–Crippen MR) is 130 cm³/mol. The fourth-order valence-corrected chi connectivity index (χ4v) is 5.13. The Balaban J connectivity index is 1.79. The Morgan fingerprint density at radius 3 is 2.58 bits per heavy atom. The quantitative estimate of drug-likeness (QED) is 0.398. The number of nitrogens with zero attached hydrogens (tertiary/aromatic N) is 2. The van der Waals surface area contributed by atoms with Gasteiger partial charge in [-0.05, 0) is 48.0 Å². The molecule has 4 aromatic rings. The largest absolute Gasteiger partial charge is 0.395 e. The van der Waals surface area contributed by atoms with Crippen molar-refractivity contribution in [1.29, 1.82) is 0 Å². The van der Waals surface area contributed by atoms with Gasteiger partial charge < -0.3 is 10.4 Å². The molecular formula is C23H20ClN3O4S2. The van der Waals surface area contributed by atoms with Gasteiger partial charge in [-0.3, -0.25) is 4.79 Å². The summed E-state index contributed by atoms with van der Waals surface area (Å²) in [6.07, 6.45) is 1.18. The van der Waals surface area contributed by atoms with Crippen LogP contribution in [0, 0.1) is 0 Å². The van der Waals surface area contributed by atoms with Crippen LogP contribution in [0.5, 0.6) is 0 Å². The number of rotatable bonds is 7. The monoisotopic (exact) mass is 501 g/mol. The molecule has 0 bridgehead atoms. The van der Waals surface area contributed by atoms with Crippen molar-refractivity contribution >= 4 is 38.7 Å². The average Bonchev–Trinajstić information content (AvgIpc) is 3.45. The highest BCUT2D eigenvalue weighted by Gasteiger charge is 2.19. The number of benzene rings is 2. The summed E-state index contributed by atoms with van der Waals surface area (Å²) >= 11 is 7.85. The van der Waals surface area contributed by atoms with Crippen LogP contribution in [0.15, 0.2) is 71.6 Å². The Bertz CT molecular complexity index is 1430. The lowest BCUT2D eigenvalue weighted by atomic mass is 10.2. The number of aliphatic hydroxyl groups excluding tert-OH is 1. The third-order valence-corrected chi connectivity index (χ3v) is 7.41. The number of hydrogen-bond donors (Lipinski definition) is 2. The summed E-state index contributed by atoms with van der Waals surface area (Å²) in [6, 6.07) is 19.4. The molecule has 0 saturated carbocycles. The van der Waals surface area contributed by atoms with Crippen molar-refractivity contribution in [3.05, 3.63) is 77.4 Å². The SMILES string of the molecule is CS(=O)(=O)c1cccc(-c2ccc(-c3cc(C(=O)NCCO)nn3-c3ccccc3Cl)s2)c1. The third kappa shape index (κ3) is 5.01. The average molecular weight is 502 g/mol. The topological polar surface area (TPSA) is 101 Å². The number of sulfone groups is 1. The second-order valence-corrected chi connectivity index (χ2v) is 10.7. The molecule has 10 heteroatoms. The van der Waals surface area contributed by atoms with Crippen LogP contribution in [0.25, 0.3) is 26.7 Å². The first-order valence-electron chi connectivity index (χ1n) is 9.92. The van der Waals surface area contributed by atoms with Crippen molar-refractivity contribution in [2.75, 3.05) is 19.4 Å². The minimum Gasteiger partial charge on any atom is -0.395 e. The summed E-state index contributed by atoms with van der Waals surface area (Å²) in [7, 11) is -3.33. The van der Waals surface area contributed by atoms with Crippen molar-refractivity contribution in [2.24, 2.45) is 0 Å². The standard InChI is InChI=1S/C23H20ClN3O4S2/c1-33(30,31)16-6-4-5-15(13-16)21-9-10-22(32-21)20-14-18(23(29)25-11-12-28)26-27(20)19-8-3-2-7-17(19)24/h2-10,13-14,28H,11-12H2,1H3,(H,25,29). The minimum absolute atomic E-state index is 0.118. The Hall–Kier alpha value is -2.98. The normalized spacial score (nSPS) is 11.5. The molecule has 0 saturated heterocycles. The lowest BCUT2D eigenvalue weighted by Gasteiger charge is -2.08. The maximum atomic E-state index is 12.5. The van der Waals surface area contributed by atoms with Crippen molar-refractivity contribution in [3.63, 3.8) is 0 Å². The maximum Gasteiger partial charge on any atom is 0.271 e. The first-order chi connectivity index (χ1) is 15.8. The number of para-hydroxylation sites is 1. The lowest BCUT2D eigenvalue weighted by Crippen LogP contribution is -2.26. The van der Waals surface area contributed by atoms with Crippen LogP contribution in [0.1, 0.15) is 10.5 Å². The molecule has 4 rings (SSSR count). The molecule has 7 nitrogen and oxygen atoms in total. The number of thiophene rings is 1. The molecule has 0 unspecified atom stereocenters. The van der Waals surface area contributed by atoms with Gasteiger partial charge in [0.15, 0.2) is 15.5 Å². The van der Waals surface area contributed by atoms with E-state index in [-0.39, 0.29) is 23.7 Å². The first-order valence-corrected chi connectivity index (χ1v) is 13.0. The van der Waals surface area contributed by atoms with Gasteiger partial charge in [-0.2, -0.15) is 5.10 Å². The molecule has 0 aliphatic rings. The van der Waals surface area contributed by atoms with E-state index < -0.39 is 15.7 Å². The summed E-state index contributed by atoms with van der Waals surface area (Å²) in [4.78, 5) is 14.4. The molecule has 2 heterocycles. The smallest absolute Gasteiger partial charge is 0.271 e. The molecule has 0 aliphatic carbocycles. The highest BCUT2D eigenvalue weighted by molar-refractivity contribution is 7.90. The van der Waals surface area contributed by atoms with E-state index in [1.807, 2.05) is 30.3 Å². The van der Waals surface area contributed by atoms with Gasteiger partial charge >= 0.3 is 0 Å². The van der Waals surface area contributed by atoms with Crippen molar-refractivity contribution < 1.29 is 18.3 Å². The van der Waals surface area contributed by atoms with Gasteiger partial charge in [-0.15, -0.1) is 11.3 Å². The molecule has 0 radical (unpaired) electrons. The van der Waals surface area contributed by atoms with E-state index in [2.05, 4.69) is 10.4 Å². The number of halogens is 1. The minimum atomic E-state index is -3.33. The van der Waals surface area contributed by atoms with E-state index in [1.165, 1.54) is 17.6 Å². The van der Waals surface area contributed by atoms with Crippen LogP contribution in [0.3, 0.4) is 0 Å². The number of nitrogens with one attached hydrogen (secondary N) is 1. The van der Waals surface area contributed by atoms with Crippen molar-refractivity contribution in [2.45, 2.75) is 4.90 Å². The van der Waals surface area contributed by atoms with Crippen LogP contribution < -0.4 is 5.32 Å². The highest BCUT2D eigenvalue weighted by Crippen LogP contribution is 2.37. The second-order valence-electron chi connectivity index (χ2n) is 7.22. The summed E-state index contributed by atoms with van der Waals surface area (Å²) in [5, 5.41) is 16.5. The fraction of sp³-hybridized carbons (Fsp3) is 0.130. The molecule has 0 aliphatic heterocycles. The molecule has 33 heavy (non-hydrogen) atoms. The van der Waals surface area contributed by atoms with E-state index >= 15 is 0 Å². The number of carbonyl (C=O) groups is 1. The van der Waals surface area contributed by atoms with Gasteiger partial charge in [0.2, 0.25) is 0 Å². The van der Waals surface area contributed by atoms with Gasteiger partial charge in [0.25, 0.3) is 5.91 Å². The fourth-order valence-electron chi connectivity index (χ4n) is 3.25. The lowest BCUT2D eigenvalue weighted by molar-refractivity contribution is 0.0939. The zero-order valence-corrected chi connectivity index (χ0v) is 19.9. The number of amides is 1. The van der Waals surface area contributed by atoms with Crippen LogP contribution in [-0.4, -0.2) is 48.6 Å². The Kier molecular flexibility index (Phi) is 6.66. The Morgan fingerprint density at radius 1 is 1.09 bits per heavy atom. The summed E-state index contributed by atoms with van der Waals surface area (Å²) < 4.78 is 25.5. The highest BCUT2D eigenvalue weighted by atomic mass is 35.5. The molecule has 0 spiro atoms. The van der Waals surface area contributed by atoms with Crippen LogP contribution in [0.2, 0.25) is 5.02 Å². The number of hydrogen-bond acceptors (Lipinski definition) is 6. The van der Waals surface area contributed by atoms with Gasteiger partial charge in [-0.25, -0.2) is 13.1 Å². The molecule has 1 amide bonds. The predicted octanol–water partition coefficient (Wildman–Crippen LogP) is 4.05. The van der Waals surface area contributed by atoms with Gasteiger partial charge in [-0.1, -0.05) is 35.9 Å². The van der Waals surface area contributed by atoms with E-state index in [0.29, 0.717) is 16.4 Å². The summed E-state index contributed by atoms with van der Waals surface area (Å²) in [6.45, 7) is -0.0579. The number of aliphatic hydroxyl groups is 1. The first kappa shape index (κ1) is 23.2. The van der Waals surface area contributed by atoms with Gasteiger partial charge in [0.05, 0.1) is 32.8 Å². The van der Waals surface area contributed by atoms with Crippen molar-refractivity contribution in [3.8, 4) is 26.7 Å². The summed E-state index contributed by atoms with van der Waals surface area (Å²) in [5.41, 5.74) is 2.24. The molecular weight excluding hydrogens is 482 g/mol. The molecule has 170 valence electrons. The van der Waals surface area contributed by atoms with Crippen LogP contribution >= 0.6 is 22.9 Å². The van der Waals surface area contributed by atoms with E-state index in [0.717, 1.165) is 15.3 Å². The molecule has 0 atom stereocenters. The van der Waals surface area contributed by atoms with Gasteiger partial charge in [0.1, 0.15) is 0 Å². The van der Waals surface area contributed by atoms with E-state index in [1.54, 1.807) is 41.1 Å². The molecule has 0 fully saturated rings. The number of aromatic nitrogens is 2. The summed E-state index contributed by atoms with van der Waals surface area (Å²) in [5.74, 6) is -0.409. The molecule has 2 aromatic carbocycles. The van der Waals surface area contributed by atoms with Gasteiger partial charge in [0, 0.05) is 17.7 Å². The molecule has 2 aromatic heterocycles.